The van der Waals surface area contributed by atoms with Gasteiger partial charge in [-0.05, 0) is 23.8 Å². The molecule has 1 unspecified atom stereocenters. The zero-order valence-electron chi connectivity index (χ0n) is 5.77. The quantitative estimate of drug-likeness (QED) is 0.567. The van der Waals surface area contributed by atoms with Crippen molar-refractivity contribution in [2.24, 2.45) is 0 Å². The zero-order valence-corrected chi connectivity index (χ0v) is 8.94. The Morgan fingerprint density at radius 1 is 1.45 bits per heavy atom. The van der Waals surface area contributed by atoms with Gasteiger partial charge in [-0.25, -0.2) is 0 Å². The van der Waals surface area contributed by atoms with Crippen molar-refractivity contribution in [1.29, 1.82) is 0 Å². The van der Waals surface area contributed by atoms with E-state index in [1.54, 1.807) is 0 Å². The summed E-state index contributed by atoms with van der Waals surface area (Å²) in [5.74, 6) is 0. The van der Waals surface area contributed by atoms with Gasteiger partial charge in [0.05, 0.1) is 4.95 Å². The molecule has 1 nitrogen and oxygen atoms in total. The van der Waals surface area contributed by atoms with E-state index in [-0.39, 0.29) is 0 Å². The number of hydrogen-bond donors (Lipinski definition) is 1. The molecular formula is C8H7Br2N. The van der Waals surface area contributed by atoms with Crippen LogP contribution in [-0.4, -0.2) is 4.95 Å². The molecule has 1 aliphatic rings. The summed E-state index contributed by atoms with van der Waals surface area (Å²) < 4.78 is 1.15. The summed E-state index contributed by atoms with van der Waals surface area (Å²) >= 11 is 6.96. The van der Waals surface area contributed by atoms with E-state index in [1.165, 1.54) is 11.3 Å². The molecule has 0 saturated heterocycles. The summed E-state index contributed by atoms with van der Waals surface area (Å²) in [5, 5.41) is 3.32. The summed E-state index contributed by atoms with van der Waals surface area (Å²) in [4.78, 5) is 0.409. The Labute approximate surface area is 82.4 Å². The molecule has 1 N–H and O–H groups in total. The third kappa shape index (κ3) is 1.44. The summed E-state index contributed by atoms with van der Waals surface area (Å²) in [5.41, 5.74) is 2.62. The molecule has 0 aromatic heterocycles. The maximum absolute atomic E-state index is 3.52. The van der Waals surface area contributed by atoms with Gasteiger partial charge in [-0.1, -0.05) is 31.9 Å². The summed E-state index contributed by atoms with van der Waals surface area (Å²) in [7, 11) is 0. The lowest BCUT2D eigenvalue weighted by atomic mass is 10.2. The van der Waals surface area contributed by atoms with Crippen LogP contribution in [-0.2, 0) is 6.42 Å². The smallest absolute Gasteiger partial charge is 0.0859 e. The first-order chi connectivity index (χ1) is 5.25. The Bertz CT molecular complexity index is 285. The number of rotatable bonds is 0. The molecule has 1 aromatic rings. The first kappa shape index (κ1) is 7.62. The predicted octanol–water partition coefficient (Wildman–Crippen LogP) is 3.14. The highest BCUT2D eigenvalue weighted by Crippen LogP contribution is 2.30. The van der Waals surface area contributed by atoms with Gasteiger partial charge in [-0.3, -0.25) is 0 Å². The fourth-order valence-corrected chi connectivity index (χ4v) is 2.29. The second-order valence-corrected chi connectivity index (χ2v) is 4.64. The Morgan fingerprint density at radius 3 is 3.09 bits per heavy atom. The number of halogens is 2. The highest BCUT2D eigenvalue weighted by atomic mass is 79.9. The first-order valence-electron chi connectivity index (χ1n) is 3.45. The molecule has 0 amide bonds. The molecular weight excluding hydrogens is 270 g/mol. The third-order valence-electron chi connectivity index (χ3n) is 1.78. The Morgan fingerprint density at radius 2 is 2.27 bits per heavy atom. The molecule has 1 heterocycles. The van der Waals surface area contributed by atoms with Crippen molar-refractivity contribution in [3.05, 3.63) is 28.2 Å². The van der Waals surface area contributed by atoms with Crippen molar-refractivity contribution in [3.63, 3.8) is 0 Å². The normalized spacial score (nSPS) is 21.1. The molecule has 0 fully saturated rings. The van der Waals surface area contributed by atoms with Crippen LogP contribution in [0.1, 0.15) is 5.56 Å². The Hall–Kier alpha value is -0.0200. The molecule has 0 saturated carbocycles. The molecule has 58 valence electrons. The number of alkyl halides is 1. The standard InChI is InChI=1S/C8H7Br2N/c9-6-1-2-7-5(3-6)4-8(10)11-7/h1-3,8,11H,4H2. The second-order valence-electron chi connectivity index (χ2n) is 2.62. The Balaban J connectivity index is 2.43. The average molecular weight is 277 g/mol. The molecule has 0 aliphatic carbocycles. The largest absolute Gasteiger partial charge is 0.372 e. The second kappa shape index (κ2) is 2.79. The van der Waals surface area contributed by atoms with E-state index in [1.807, 2.05) is 0 Å². The minimum absolute atomic E-state index is 0.409. The van der Waals surface area contributed by atoms with Crippen LogP contribution in [0.5, 0.6) is 0 Å². The maximum Gasteiger partial charge on any atom is 0.0859 e. The third-order valence-corrected chi connectivity index (χ3v) is 2.82. The minimum Gasteiger partial charge on any atom is -0.372 e. The van der Waals surface area contributed by atoms with Crippen molar-refractivity contribution in [1.82, 2.24) is 0 Å². The van der Waals surface area contributed by atoms with Gasteiger partial charge in [0.15, 0.2) is 0 Å². The van der Waals surface area contributed by atoms with Crippen LogP contribution in [0, 0.1) is 0 Å². The lowest BCUT2D eigenvalue weighted by molar-refractivity contribution is 1.05. The molecule has 1 atom stereocenters. The summed E-state index contributed by atoms with van der Waals surface area (Å²) in [6, 6.07) is 6.31. The van der Waals surface area contributed by atoms with Crippen LogP contribution in [0.25, 0.3) is 0 Å². The molecule has 2 rings (SSSR count). The van der Waals surface area contributed by atoms with E-state index in [2.05, 4.69) is 55.4 Å². The van der Waals surface area contributed by atoms with E-state index in [0.717, 1.165) is 10.9 Å². The SMILES string of the molecule is Brc1ccc2c(c1)CC(Br)N2. The molecule has 0 spiro atoms. The van der Waals surface area contributed by atoms with Crippen LogP contribution in [0.2, 0.25) is 0 Å². The van der Waals surface area contributed by atoms with Gasteiger partial charge in [0.1, 0.15) is 0 Å². The van der Waals surface area contributed by atoms with Crippen molar-refractivity contribution < 1.29 is 0 Å². The average Bonchev–Trinajstić information content (AvgIpc) is 2.27. The fraction of sp³-hybridized carbons (Fsp3) is 0.250. The van der Waals surface area contributed by atoms with Crippen molar-refractivity contribution >= 4 is 37.5 Å². The van der Waals surface area contributed by atoms with Crippen molar-refractivity contribution in [2.45, 2.75) is 11.4 Å². The molecule has 0 bridgehead atoms. The molecule has 0 radical (unpaired) electrons. The molecule has 1 aromatic carbocycles. The number of fused-ring (bicyclic) bond motifs is 1. The van der Waals surface area contributed by atoms with Crippen LogP contribution in [0.4, 0.5) is 5.69 Å². The number of benzene rings is 1. The lowest BCUT2D eigenvalue weighted by Gasteiger charge is -1.99. The van der Waals surface area contributed by atoms with Gasteiger partial charge < -0.3 is 5.32 Å². The topological polar surface area (TPSA) is 12.0 Å². The highest BCUT2D eigenvalue weighted by molar-refractivity contribution is 9.10. The van der Waals surface area contributed by atoms with Crippen LogP contribution in [0.3, 0.4) is 0 Å². The van der Waals surface area contributed by atoms with Crippen LogP contribution in [0.15, 0.2) is 22.7 Å². The first-order valence-corrected chi connectivity index (χ1v) is 5.15. The van der Waals surface area contributed by atoms with E-state index in [4.69, 9.17) is 0 Å². The van der Waals surface area contributed by atoms with Gasteiger partial charge in [0, 0.05) is 16.6 Å². The number of nitrogens with one attached hydrogen (secondary N) is 1. The van der Waals surface area contributed by atoms with E-state index in [9.17, 15) is 0 Å². The Kier molecular flexibility index (Phi) is 1.93. The van der Waals surface area contributed by atoms with Gasteiger partial charge in [-0.15, -0.1) is 0 Å². The van der Waals surface area contributed by atoms with Crippen LogP contribution >= 0.6 is 31.9 Å². The summed E-state index contributed by atoms with van der Waals surface area (Å²) in [6.07, 6.45) is 1.06. The van der Waals surface area contributed by atoms with E-state index >= 15 is 0 Å². The van der Waals surface area contributed by atoms with Crippen molar-refractivity contribution in [3.8, 4) is 0 Å². The van der Waals surface area contributed by atoms with Crippen molar-refractivity contribution in [2.75, 3.05) is 5.32 Å². The van der Waals surface area contributed by atoms with E-state index < -0.39 is 0 Å². The van der Waals surface area contributed by atoms with Gasteiger partial charge in [-0.2, -0.15) is 0 Å². The number of anilines is 1. The minimum atomic E-state index is 0.409. The predicted molar refractivity (Wildman–Crippen MR) is 54.2 cm³/mol. The van der Waals surface area contributed by atoms with Gasteiger partial charge >= 0.3 is 0 Å². The maximum atomic E-state index is 3.52. The van der Waals surface area contributed by atoms with Gasteiger partial charge in [0.2, 0.25) is 0 Å². The molecule has 11 heavy (non-hydrogen) atoms. The lowest BCUT2D eigenvalue weighted by Crippen LogP contribution is -2.03. The monoisotopic (exact) mass is 275 g/mol. The fourth-order valence-electron chi connectivity index (χ4n) is 1.28. The zero-order chi connectivity index (χ0) is 7.84. The summed E-state index contributed by atoms with van der Waals surface area (Å²) in [6.45, 7) is 0. The van der Waals surface area contributed by atoms with E-state index in [0.29, 0.717) is 4.95 Å². The highest BCUT2D eigenvalue weighted by Gasteiger charge is 2.16. The molecule has 1 aliphatic heterocycles. The van der Waals surface area contributed by atoms with Gasteiger partial charge in [0.25, 0.3) is 0 Å². The molecule has 3 heteroatoms. The van der Waals surface area contributed by atoms with Crippen LogP contribution < -0.4 is 5.32 Å². The number of hydrogen-bond acceptors (Lipinski definition) is 1.